The van der Waals surface area contributed by atoms with E-state index in [0.717, 1.165) is 25.2 Å². The zero-order valence-corrected chi connectivity index (χ0v) is 13.4. The highest BCUT2D eigenvalue weighted by Crippen LogP contribution is 2.29. The Morgan fingerprint density at radius 2 is 2.19 bits per heavy atom. The minimum absolute atomic E-state index is 0.121. The molecule has 0 spiro atoms. The molecular formula is C16H30N4O. The van der Waals surface area contributed by atoms with E-state index in [0.29, 0.717) is 5.92 Å². The van der Waals surface area contributed by atoms with E-state index in [1.165, 1.54) is 32.1 Å². The van der Waals surface area contributed by atoms with Gasteiger partial charge in [-0.25, -0.2) is 4.98 Å². The van der Waals surface area contributed by atoms with E-state index in [9.17, 15) is 0 Å². The third-order valence-electron chi connectivity index (χ3n) is 4.67. The highest BCUT2D eigenvalue weighted by atomic mass is 16.5. The van der Waals surface area contributed by atoms with E-state index in [2.05, 4.69) is 28.1 Å². The van der Waals surface area contributed by atoms with Gasteiger partial charge in [0.15, 0.2) is 0 Å². The van der Waals surface area contributed by atoms with Gasteiger partial charge in [-0.1, -0.05) is 26.2 Å². The summed E-state index contributed by atoms with van der Waals surface area (Å²) in [5, 5.41) is 0. The van der Waals surface area contributed by atoms with E-state index in [4.69, 9.17) is 10.6 Å². The van der Waals surface area contributed by atoms with Crippen LogP contribution in [0.25, 0.3) is 0 Å². The summed E-state index contributed by atoms with van der Waals surface area (Å²) in [6.45, 7) is 3.19. The number of hydrogen-bond donors (Lipinski definition) is 2. The molecule has 2 unspecified atom stereocenters. The van der Waals surface area contributed by atoms with Gasteiger partial charge in [-0.3, -0.25) is 11.3 Å². The van der Waals surface area contributed by atoms with Crippen molar-refractivity contribution < 1.29 is 4.74 Å². The molecule has 120 valence electrons. The summed E-state index contributed by atoms with van der Waals surface area (Å²) < 4.78 is 8.03. The third-order valence-corrected chi connectivity index (χ3v) is 4.67. The lowest BCUT2D eigenvalue weighted by atomic mass is 9.82. The van der Waals surface area contributed by atoms with Crippen molar-refractivity contribution in [1.29, 1.82) is 0 Å². The van der Waals surface area contributed by atoms with E-state index >= 15 is 0 Å². The molecule has 3 N–H and O–H groups in total. The number of ether oxygens (including phenoxy) is 1. The first kappa shape index (κ1) is 16.5. The molecular weight excluding hydrogens is 264 g/mol. The van der Waals surface area contributed by atoms with Crippen LogP contribution in [0.5, 0.6) is 0 Å². The van der Waals surface area contributed by atoms with Crippen LogP contribution in [0.1, 0.15) is 51.3 Å². The first-order valence-electron chi connectivity index (χ1n) is 8.29. The molecule has 2 rings (SSSR count). The Hall–Kier alpha value is -0.910. The van der Waals surface area contributed by atoms with Crippen molar-refractivity contribution in [1.82, 2.24) is 15.0 Å². The summed E-state index contributed by atoms with van der Waals surface area (Å²) in [6.07, 6.45) is 12.5. The molecule has 1 aliphatic carbocycles. The van der Waals surface area contributed by atoms with Crippen molar-refractivity contribution in [3.05, 3.63) is 18.2 Å². The summed E-state index contributed by atoms with van der Waals surface area (Å²) in [4.78, 5) is 4.50. The number of methoxy groups -OCH3 is 1. The van der Waals surface area contributed by atoms with Crippen LogP contribution >= 0.6 is 0 Å². The fourth-order valence-electron chi connectivity index (χ4n) is 3.59. The number of nitrogens with zero attached hydrogens (tertiary/aromatic N) is 2. The smallest absolute Gasteiger partial charge is 0.110 e. The zero-order chi connectivity index (χ0) is 15.1. The van der Waals surface area contributed by atoms with Crippen LogP contribution in [0.15, 0.2) is 12.4 Å². The van der Waals surface area contributed by atoms with E-state index < -0.39 is 0 Å². The summed E-state index contributed by atoms with van der Waals surface area (Å²) >= 11 is 0. The molecule has 0 aliphatic heterocycles. The highest BCUT2D eigenvalue weighted by molar-refractivity contribution is 4.98. The molecule has 1 aromatic rings. The summed E-state index contributed by atoms with van der Waals surface area (Å²) in [6, 6.07) is 0.121. The normalized spacial score (nSPS) is 19.6. The van der Waals surface area contributed by atoms with Crippen molar-refractivity contribution in [2.45, 2.75) is 70.6 Å². The molecule has 0 aromatic carbocycles. The molecule has 1 heterocycles. The quantitative estimate of drug-likeness (QED) is 0.570. The number of imidazole rings is 1. The zero-order valence-electron chi connectivity index (χ0n) is 13.4. The van der Waals surface area contributed by atoms with E-state index in [-0.39, 0.29) is 12.1 Å². The second-order valence-corrected chi connectivity index (χ2v) is 6.11. The van der Waals surface area contributed by atoms with Gasteiger partial charge in [0.25, 0.3) is 0 Å². The highest BCUT2D eigenvalue weighted by Gasteiger charge is 2.31. The Morgan fingerprint density at radius 1 is 1.43 bits per heavy atom. The van der Waals surface area contributed by atoms with Gasteiger partial charge >= 0.3 is 0 Å². The fraction of sp³-hybridized carbons (Fsp3) is 0.812. The predicted molar refractivity (Wildman–Crippen MR) is 84.7 cm³/mol. The Kier molecular flexibility index (Phi) is 6.67. The largest absolute Gasteiger partial charge is 0.379 e. The van der Waals surface area contributed by atoms with Crippen molar-refractivity contribution in [3.8, 4) is 0 Å². The lowest BCUT2D eigenvalue weighted by molar-refractivity contribution is 0.00762. The lowest BCUT2D eigenvalue weighted by Gasteiger charge is -2.34. The van der Waals surface area contributed by atoms with Crippen LogP contribution < -0.4 is 11.3 Å². The molecule has 2 atom stereocenters. The van der Waals surface area contributed by atoms with Gasteiger partial charge in [-0.05, 0) is 25.2 Å². The molecule has 1 fully saturated rings. The summed E-state index contributed by atoms with van der Waals surface area (Å²) in [5.41, 5.74) is 2.98. The molecule has 0 amide bonds. The van der Waals surface area contributed by atoms with Crippen molar-refractivity contribution in [2.24, 2.45) is 11.8 Å². The van der Waals surface area contributed by atoms with Crippen molar-refractivity contribution >= 4 is 0 Å². The summed E-state index contributed by atoms with van der Waals surface area (Å²) in [5.74, 6) is 7.54. The molecule has 1 aliphatic rings. The second kappa shape index (κ2) is 8.51. The van der Waals surface area contributed by atoms with Gasteiger partial charge < -0.3 is 9.30 Å². The SMILES string of the molecule is CCCn1ccnc1CC(NN)C(OC)C1CCCCC1. The first-order chi connectivity index (χ1) is 10.3. The third kappa shape index (κ3) is 4.28. The maximum atomic E-state index is 5.83. The van der Waals surface area contributed by atoms with Gasteiger partial charge in [0.2, 0.25) is 0 Å². The van der Waals surface area contributed by atoms with Crippen LogP contribution in [0, 0.1) is 5.92 Å². The molecule has 5 nitrogen and oxygen atoms in total. The van der Waals surface area contributed by atoms with Crippen molar-refractivity contribution in [2.75, 3.05) is 7.11 Å². The standard InChI is InChI=1S/C16H30N4O/c1-3-10-20-11-9-18-15(20)12-14(19-17)16(21-2)13-7-5-4-6-8-13/h9,11,13-14,16,19H,3-8,10,12,17H2,1-2H3. The maximum absolute atomic E-state index is 5.83. The molecule has 1 saturated carbocycles. The van der Waals surface area contributed by atoms with Gasteiger partial charge in [0.05, 0.1) is 12.1 Å². The van der Waals surface area contributed by atoms with Crippen LogP contribution in [-0.4, -0.2) is 28.8 Å². The van der Waals surface area contributed by atoms with Gasteiger partial charge in [-0.2, -0.15) is 0 Å². The molecule has 0 bridgehead atoms. The van der Waals surface area contributed by atoms with Crippen LogP contribution in [0.3, 0.4) is 0 Å². The van der Waals surface area contributed by atoms with E-state index in [1.54, 1.807) is 0 Å². The number of hydrogen-bond acceptors (Lipinski definition) is 4. The number of aromatic nitrogens is 2. The Bertz CT molecular complexity index is 401. The van der Waals surface area contributed by atoms with Gasteiger partial charge in [0, 0.05) is 32.5 Å². The molecule has 1 aromatic heterocycles. The van der Waals surface area contributed by atoms with Gasteiger partial charge in [-0.15, -0.1) is 0 Å². The molecule has 0 radical (unpaired) electrons. The predicted octanol–water partition coefficient (Wildman–Crippen LogP) is 2.26. The van der Waals surface area contributed by atoms with Crippen LogP contribution in [-0.2, 0) is 17.7 Å². The monoisotopic (exact) mass is 294 g/mol. The maximum Gasteiger partial charge on any atom is 0.110 e. The first-order valence-corrected chi connectivity index (χ1v) is 8.29. The fourth-order valence-corrected chi connectivity index (χ4v) is 3.59. The minimum atomic E-state index is 0.121. The average Bonchev–Trinajstić information content (AvgIpc) is 2.95. The van der Waals surface area contributed by atoms with Crippen LogP contribution in [0.2, 0.25) is 0 Å². The van der Waals surface area contributed by atoms with Crippen molar-refractivity contribution in [3.63, 3.8) is 0 Å². The van der Waals surface area contributed by atoms with E-state index in [1.807, 2.05) is 13.3 Å². The molecule has 21 heavy (non-hydrogen) atoms. The molecule has 0 saturated heterocycles. The minimum Gasteiger partial charge on any atom is -0.379 e. The molecule has 5 heteroatoms. The van der Waals surface area contributed by atoms with Gasteiger partial charge in [0.1, 0.15) is 5.82 Å². The Labute approximate surface area is 128 Å². The Morgan fingerprint density at radius 3 is 2.81 bits per heavy atom. The average molecular weight is 294 g/mol. The number of rotatable bonds is 8. The number of aryl methyl sites for hydroxylation is 1. The lowest BCUT2D eigenvalue weighted by Crippen LogP contribution is -2.50. The summed E-state index contributed by atoms with van der Waals surface area (Å²) in [7, 11) is 1.81. The van der Waals surface area contributed by atoms with Crippen LogP contribution in [0.4, 0.5) is 0 Å². The number of nitrogens with two attached hydrogens (primary N) is 1. The second-order valence-electron chi connectivity index (χ2n) is 6.11. The number of hydrazine groups is 1. The Balaban J connectivity index is 2.04. The number of nitrogens with one attached hydrogen (secondary N) is 1. The topological polar surface area (TPSA) is 65.1 Å².